The summed E-state index contributed by atoms with van der Waals surface area (Å²) in [6.45, 7) is 10.1. The predicted octanol–water partition coefficient (Wildman–Crippen LogP) is 3.73. The molecule has 0 aromatic heterocycles. The molecule has 0 amide bonds. The van der Waals surface area contributed by atoms with Crippen LogP contribution in [0, 0.1) is 11.8 Å². The topological polar surface area (TPSA) is 32.3 Å². The van der Waals surface area contributed by atoms with Crippen LogP contribution in [0.15, 0.2) is 24.3 Å². The largest absolute Gasteiger partial charge is 0.392 e. The molecule has 1 aromatic carbocycles. The van der Waals surface area contributed by atoms with Crippen LogP contribution in [0.2, 0.25) is 0 Å². The predicted molar refractivity (Wildman–Crippen MR) is 81.9 cm³/mol. The third-order valence-electron chi connectivity index (χ3n) is 3.28. The van der Waals surface area contributed by atoms with Crippen LogP contribution in [0.1, 0.15) is 51.7 Å². The molecule has 2 nitrogen and oxygen atoms in total. The second kappa shape index (κ2) is 8.34. The molecule has 0 saturated carbocycles. The van der Waals surface area contributed by atoms with Crippen molar-refractivity contribution in [1.82, 2.24) is 5.32 Å². The summed E-state index contributed by atoms with van der Waals surface area (Å²) in [5, 5.41) is 12.8. The fourth-order valence-corrected chi connectivity index (χ4v) is 2.50. The van der Waals surface area contributed by atoms with E-state index in [2.05, 4.69) is 45.1 Å². The van der Waals surface area contributed by atoms with Crippen LogP contribution in [-0.4, -0.2) is 11.1 Å². The lowest BCUT2D eigenvalue weighted by molar-refractivity contribution is 0.281. The fourth-order valence-electron chi connectivity index (χ4n) is 2.50. The highest BCUT2D eigenvalue weighted by Gasteiger charge is 2.12. The first-order valence-electron chi connectivity index (χ1n) is 7.43. The second-order valence-electron chi connectivity index (χ2n) is 6.31. The van der Waals surface area contributed by atoms with E-state index < -0.39 is 0 Å². The van der Waals surface area contributed by atoms with Gasteiger partial charge in [-0.25, -0.2) is 0 Å². The number of aliphatic hydroxyl groups is 1. The summed E-state index contributed by atoms with van der Waals surface area (Å²) in [6, 6.07) is 8.76. The van der Waals surface area contributed by atoms with Gasteiger partial charge in [0.25, 0.3) is 0 Å². The molecule has 0 aliphatic rings. The van der Waals surface area contributed by atoms with Gasteiger partial charge >= 0.3 is 0 Å². The number of hydrogen-bond donors (Lipinski definition) is 2. The minimum absolute atomic E-state index is 0.120. The molecule has 2 N–H and O–H groups in total. The third-order valence-corrected chi connectivity index (χ3v) is 3.28. The first-order chi connectivity index (χ1) is 9.01. The molecule has 19 heavy (non-hydrogen) atoms. The number of aliphatic hydroxyl groups excluding tert-OH is 1. The van der Waals surface area contributed by atoms with Crippen molar-refractivity contribution >= 4 is 0 Å². The highest BCUT2D eigenvalue weighted by atomic mass is 16.3. The summed E-state index contributed by atoms with van der Waals surface area (Å²) in [5.41, 5.74) is 2.24. The molecule has 1 aromatic rings. The van der Waals surface area contributed by atoms with E-state index in [1.165, 1.54) is 18.4 Å². The van der Waals surface area contributed by atoms with Crippen molar-refractivity contribution in [3.63, 3.8) is 0 Å². The lowest BCUT2D eigenvalue weighted by Crippen LogP contribution is -2.31. The zero-order valence-electron chi connectivity index (χ0n) is 12.8. The number of hydrogen-bond acceptors (Lipinski definition) is 2. The molecule has 0 aliphatic heterocycles. The Morgan fingerprint density at radius 2 is 1.58 bits per heavy atom. The summed E-state index contributed by atoms with van der Waals surface area (Å²) in [5.74, 6) is 1.44. The molecule has 2 heteroatoms. The molecule has 0 fully saturated rings. The Kier molecular flexibility index (Phi) is 7.11. The molecular formula is C17H29NO. The summed E-state index contributed by atoms with van der Waals surface area (Å²) >= 11 is 0. The summed E-state index contributed by atoms with van der Waals surface area (Å²) < 4.78 is 0. The Morgan fingerprint density at radius 1 is 1.00 bits per heavy atom. The highest BCUT2D eigenvalue weighted by molar-refractivity contribution is 5.22. The van der Waals surface area contributed by atoms with Gasteiger partial charge in [-0.3, -0.25) is 0 Å². The van der Waals surface area contributed by atoms with Crippen LogP contribution in [0.3, 0.4) is 0 Å². The smallest absolute Gasteiger partial charge is 0.0681 e. The van der Waals surface area contributed by atoms with Crippen LogP contribution in [-0.2, 0) is 13.2 Å². The van der Waals surface area contributed by atoms with Gasteiger partial charge in [0.15, 0.2) is 0 Å². The monoisotopic (exact) mass is 263 g/mol. The van der Waals surface area contributed by atoms with Crippen molar-refractivity contribution in [3.8, 4) is 0 Å². The third kappa shape index (κ3) is 6.74. The van der Waals surface area contributed by atoms with Gasteiger partial charge in [0, 0.05) is 12.6 Å². The molecule has 1 rings (SSSR count). The van der Waals surface area contributed by atoms with E-state index in [1.54, 1.807) is 0 Å². The van der Waals surface area contributed by atoms with Gasteiger partial charge in [-0.1, -0.05) is 52.0 Å². The maximum absolute atomic E-state index is 9.16. The van der Waals surface area contributed by atoms with Gasteiger partial charge in [-0.15, -0.1) is 0 Å². The molecule has 0 radical (unpaired) electrons. The fraction of sp³-hybridized carbons (Fsp3) is 0.647. The van der Waals surface area contributed by atoms with Crippen molar-refractivity contribution < 1.29 is 5.11 Å². The molecule has 0 unspecified atom stereocenters. The van der Waals surface area contributed by atoms with Gasteiger partial charge < -0.3 is 10.4 Å². The van der Waals surface area contributed by atoms with E-state index in [0.29, 0.717) is 6.04 Å². The standard InChI is InChI=1S/C17H29NO/c1-13(2)8-17(9-14(3)4)18-11-15-6-5-7-16(10-15)12-19/h5-7,10,13-14,17-19H,8-9,11-12H2,1-4H3. The van der Waals surface area contributed by atoms with Crippen LogP contribution in [0.5, 0.6) is 0 Å². The van der Waals surface area contributed by atoms with E-state index in [0.717, 1.165) is 23.9 Å². The number of nitrogens with one attached hydrogen (secondary N) is 1. The molecule has 0 spiro atoms. The van der Waals surface area contributed by atoms with Crippen LogP contribution in [0.4, 0.5) is 0 Å². The molecule has 0 saturated heterocycles. The molecule has 108 valence electrons. The van der Waals surface area contributed by atoms with Crippen molar-refractivity contribution in [2.24, 2.45) is 11.8 Å². The van der Waals surface area contributed by atoms with Crippen LogP contribution < -0.4 is 5.32 Å². The maximum Gasteiger partial charge on any atom is 0.0681 e. The lowest BCUT2D eigenvalue weighted by atomic mass is 9.95. The Bertz CT molecular complexity index is 350. The molecule has 0 atom stereocenters. The minimum atomic E-state index is 0.120. The Hall–Kier alpha value is -0.860. The van der Waals surface area contributed by atoms with Crippen LogP contribution in [0.25, 0.3) is 0 Å². The first-order valence-corrected chi connectivity index (χ1v) is 7.43. The van der Waals surface area contributed by atoms with Crippen molar-refractivity contribution in [1.29, 1.82) is 0 Å². The van der Waals surface area contributed by atoms with E-state index >= 15 is 0 Å². The quantitative estimate of drug-likeness (QED) is 0.749. The minimum Gasteiger partial charge on any atom is -0.392 e. The summed E-state index contributed by atoms with van der Waals surface area (Å²) in [6.07, 6.45) is 2.44. The van der Waals surface area contributed by atoms with Crippen molar-refractivity contribution in [2.75, 3.05) is 0 Å². The normalized spacial score (nSPS) is 11.8. The highest BCUT2D eigenvalue weighted by Crippen LogP contribution is 2.14. The first kappa shape index (κ1) is 16.2. The zero-order valence-corrected chi connectivity index (χ0v) is 12.8. The Morgan fingerprint density at radius 3 is 2.11 bits per heavy atom. The molecule has 0 aliphatic carbocycles. The van der Waals surface area contributed by atoms with E-state index in [-0.39, 0.29) is 6.61 Å². The van der Waals surface area contributed by atoms with Gasteiger partial charge in [0.1, 0.15) is 0 Å². The second-order valence-corrected chi connectivity index (χ2v) is 6.31. The Balaban J connectivity index is 2.54. The Labute approximate surface area is 118 Å². The average molecular weight is 263 g/mol. The molecule has 0 heterocycles. The maximum atomic E-state index is 9.16. The zero-order chi connectivity index (χ0) is 14.3. The van der Waals surface area contributed by atoms with Gasteiger partial charge in [-0.05, 0) is 35.8 Å². The summed E-state index contributed by atoms with van der Waals surface area (Å²) in [4.78, 5) is 0. The van der Waals surface area contributed by atoms with E-state index in [1.807, 2.05) is 12.1 Å². The van der Waals surface area contributed by atoms with E-state index in [4.69, 9.17) is 5.11 Å². The van der Waals surface area contributed by atoms with Gasteiger partial charge in [-0.2, -0.15) is 0 Å². The lowest BCUT2D eigenvalue weighted by Gasteiger charge is -2.22. The SMILES string of the molecule is CC(C)CC(CC(C)C)NCc1cccc(CO)c1. The van der Waals surface area contributed by atoms with Gasteiger partial charge in [0.2, 0.25) is 0 Å². The van der Waals surface area contributed by atoms with Crippen molar-refractivity contribution in [2.45, 2.75) is 59.7 Å². The summed E-state index contributed by atoms with van der Waals surface area (Å²) in [7, 11) is 0. The number of rotatable bonds is 8. The number of benzene rings is 1. The molecule has 0 bridgehead atoms. The van der Waals surface area contributed by atoms with E-state index in [9.17, 15) is 0 Å². The van der Waals surface area contributed by atoms with Crippen molar-refractivity contribution in [3.05, 3.63) is 35.4 Å². The van der Waals surface area contributed by atoms with Gasteiger partial charge in [0.05, 0.1) is 6.61 Å². The van der Waals surface area contributed by atoms with Crippen LogP contribution >= 0.6 is 0 Å². The molecular weight excluding hydrogens is 234 g/mol. The average Bonchev–Trinajstić information content (AvgIpc) is 2.35.